The second-order valence-corrected chi connectivity index (χ2v) is 5.01. The highest BCUT2D eigenvalue weighted by atomic mass is 79.9. The number of carbonyl (C=O) groups excluding carboxylic acids is 1. The number of ether oxygens (including phenoxy) is 1. The lowest BCUT2D eigenvalue weighted by Crippen LogP contribution is -2.50. The van der Waals surface area contributed by atoms with Crippen molar-refractivity contribution >= 4 is 21.8 Å². The monoisotopic (exact) mass is 317 g/mol. The summed E-state index contributed by atoms with van der Waals surface area (Å²) in [6, 6.07) is 0. The summed E-state index contributed by atoms with van der Waals surface area (Å²) in [5.41, 5.74) is -1.09. The van der Waals surface area contributed by atoms with Gasteiger partial charge in [0.15, 0.2) is 0 Å². The molecule has 0 spiro atoms. The molecule has 100 valence electrons. The van der Waals surface area contributed by atoms with Crippen molar-refractivity contribution in [1.82, 2.24) is 4.90 Å². The van der Waals surface area contributed by atoms with E-state index in [-0.39, 0.29) is 6.54 Å². The molecule has 1 atom stereocenters. The van der Waals surface area contributed by atoms with Crippen molar-refractivity contribution in [3.63, 3.8) is 0 Å². The number of alkyl halides is 4. The van der Waals surface area contributed by atoms with E-state index in [2.05, 4.69) is 15.9 Å². The SMILES string of the molecule is CC1(C(=O)N(CCBr)CC(F)(F)F)CCCO1. The average Bonchev–Trinajstić information content (AvgIpc) is 2.63. The smallest absolute Gasteiger partial charge is 0.365 e. The van der Waals surface area contributed by atoms with Gasteiger partial charge in [-0.1, -0.05) is 15.9 Å². The van der Waals surface area contributed by atoms with Crippen LogP contribution in [0.2, 0.25) is 0 Å². The first-order valence-electron chi connectivity index (χ1n) is 5.34. The van der Waals surface area contributed by atoms with E-state index in [1.807, 2.05) is 0 Å². The summed E-state index contributed by atoms with van der Waals surface area (Å²) in [5.74, 6) is -0.577. The summed E-state index contributed by atoms with van der Waals surface area (Å²) in [6.45, 7) is 0.782. The Labute approximate surface area is 106 Å². The van der Waals surface area contributed by atoms with E-state index in [1.54, 1.807) is 6.92 Å². The topological polar surface area (TPSA) is 29.5 Å². The second kappa shape index (κ2) is 5.56. The van der Waals surface area contributed by atoms with Gasteiger partial charge in [0.25, 0.3) is 5.91 Å². The highest BCUT2D eigenvalue weighted by Gasteiger charge is 2.43. The molecule has 0 saturated carbocycles. The molecule has 1 fully saturated rings. The van der Waals surface area contributed by atoms with Crippen LogP contribution in [0.25, 0.3) is 0 Å². The zero-order valence-electron chi connectivity index (χ0n) is 9.52. The van der Waals surface area contributed by atoms with Gasteiger partial charge in [-0.05, 0) is 19.8 Å². The van der Waals surface area contributed by atoms with E-state index in [9.17, 15) is 18.0 Å². The summed E-state index contributed by atoms with van der Waals surface area (Å²) < 4.78 is 42.3. The van der Waals surface area contributed by atoms with Gasteiger partial charge in [-0.2, -0.15) is 13.2 Å². The van der Waals surface area contributed by atoms with Crippen LogP contribution in [0.4, 0.5) is 13.2 Å². The molecule has 1 heterocycles. The van der Waals surface area contributed by atoms with Crippen molar-refractivity contribution in [3.8, 4) is 0 Å². The van der Waals surface area contributed by atoms with Crippen molar-refractivity contribution in [2.75, 3.05) is 25.0 Å². The van der Waals surface area contributed by atoms with E-state index in [0.717, 1.165) is 4.90 Å². The summed E-state index contributed by atoms with van der Waals surface area (Å²) in [6.07, 6.45) is -3.20. The Morgan fingerprint density at radius 1 is 1.53 bits per heavy atom. The molecule has 0 aromatic carbocycles. The third-order valence-electron chi connectivity index (χ3n) is 2.68. The maximum Gasteiger partial charge on any atom is 0.406 e. The van der Waals surface area contributed by atoms with Gasteiger partial charge in [-0.3, -0.25) is 4.79 Å². The van der Waals surface area contributed by atoms with E-state index in [4.69, 9.17) is 4.74 Å². The van der Waals surface area contributed by atoms with E-state index in [1.165, 1.54) is 0 Å². The van der Waals surface area contributed by atoms with Gasteiger partial charge in [0.1, 0.15) is 12.1 Å². The highest BCUT2D eigenvalue weighted by molar-refractivity contribution is 9.09. The maximum absolute atomic E-state index is 12.4. The van der Waals surface area contributed by atoms with Crippen LogP contribution in [0.3, 0.4) is 0 Å². The number of nitrogens with zero attached hydrogens (tertiary/aromatic N) is 1. The molecule has 1 aliphatic rings. The van der Waals surface area contributed by atoms with Crippen molar-refractivity contribution in [2.24, 2.45) is 0 Å². The summed E-state index contributed by atoms with van der Waals surface area (Å²) >= 11 is 3.05. The lowest BCUT2D eigenvalue weighted by Gasteiger charge is -2.31. The Morgan fingerprint density at radius 3 is 2.59 bits per heavy atom. The molecule has 1 rings (SSSR count). The fourth-order valence-corrected chi connectivity index (χ4v) is 2.28. The molecule has 0 N–H and O–H groups in total. The van der Waals surface area contributed by atoms with Gasteiger partial charge in [0.05, 0.1) is 0 Å². The lowest BCUT2D eigenvalue weighted by atomic mass is 10.0. The zero-order chi connectivity index (χ0) is 13.1. The van der Waals surface area contributed by atoms with Gasteiger partial charge in [0.2, 0.25) is 0 Å². The molecule has 3 nitrogen and oxygen atoms in total. The van der Waals surface area contributed by atoms with Crippen LogP contribution in [-0.2, 0) is 9.53 Å². The minimum Gasteiger partial charge on any atom is -0.365 e. The molecular formula is C10H15BrF3NO2. The largest absolute Gasteiger partial charge is 0.406 e. The quantitative estimate of drug-likeness (QED) is 0.745. The van der Waals surface area contributed by atoms with Crippen LogP contribution >= 0.6 is 15.9 Å². The summed E-state index contributed by atoms with van der Waals surface area (Å²) in [4.78, 5) is 12.8. The molecule has 0 aromatic rings. The van der Waals surface area contributed by atoms with Gasteiger partial charge in [0, 0.05) is 18.5 Å². The van der Waals surface area contributed by atoms with Crippen molar-refractivity contribution < 1.29 is 22.7 Å². The number of hydrogen-bond acceptors (Lipinski definition) is 2. The molecular weight excluding hydrogens is 303 g/mol. The number of hydrogen-bond donors (Lipinski definition) is 0. The number of amides is 1. The fourth-order valence-electron chi connectivity index (χ4n) is 1.85. The molecule has 1 saturated heterocycles. The second-order valence-electron chi connectivity index (χ2n) is 4.21. The van der Waals surface area contributed by atoms with Crippen LogP contribution in [-0.4, -0.2) is 47.6 Å². The first-order valence-corrected chi connectivity index (χ1v) is 6.47. The molecule has 0 bridgehead atoms. The standard InChI is InChI=1S/C10H15BrF3NO2/c1-9(3-2-6-17-9)8(16)15(5-4-11)7-10(12,13)14/h2-7H2,1H3. The summed E-state index contributed by atoms with van der Waals surface area (Å²) in [7, 11) is 0. The van der Waals surface area contributed by atoms with Crippen LogP contribution in [0, 0.1) is 0 Å². The molecule has 1 amide bonds. The highest BCUT2D eigenvalue weighted by Crippen LogP contribution is 2.28. The predicted octanol–water partition coefficient (Wildman–Crippen LogP) is 2.34. The lowest BCUT2D eigenvalue weighted by molar-refractivity contribution is -0.172. The predicted molar refractivity (Wildman–Crippen MR) is 60.0 cm³/mol. The van der Waals surface area contributed by atoms with Gasteiger partial charge in [-0.15, -0.1) is 0 Å². The normalized spacial score (nSPS) is 25.0. The number of halogens is 4. The Balaban J connectivity index is 2.72. The molecule has 17 heavy (non-hydrogen) atoms. The summed E-state index contributed by atoms with van der Waals surface area (Å²) in [5, 5.41) is 0.310. The van der Waals surface area contributed by atoms with E-state index < -0.39 is 24.2 Å². The number of rotatable bonds is 4. The third-order valence-corrected chi connectivity index (χ3v) is 3.04. The maximum atomic E-state index is 12.4. The van der Waals surface area contributed by atoms with Crippen LogP contribution in [0.1, 0.15) is 19.8 Å². The Morgan fingerprint density at radius 2 is 2.18 bits per heavy atom. The molecule has 0 aliphatic carbocycles. The minimum atomic E-state index is -4.38. The van der Waals surface area contributed by atoms with Crippen LogP contribution < -0.4 is 0 Å². The van der Waals surface area contributed by atoms with Gasteiger partial charge in [-0.25, -0.2) is 0 Å². The molecule has 7 heteroatoms. The zero-order valence-corrected chi connectivity index (χ0v) is 11.1. The van der Waals surface area contributed by atoms with E-state index in [0.29, 0.717) is 24.8 Å². The first kappa shape index (κ1) is 14.8. The van der Waals surface area contributed by atoms with Crippen LogP contribution in [0.15, 0.2) is 0 Å². The first-order chi connectivity index (χ1) is 7.78. The third kappa shape index (κ3) is 4.13. The molecule has 1 aliphatic heterocycles. The molecule has 0 radical (unpaired) electrons. The van der Waals surface area contributed by atoms with Crippen molar-refractivity contribution in [2.45, 2.75) is 31.5 Å². The minimum absolute atomic E-state index is 0.0251. The van der Waals surface area contributed by atoms with E-state index >= 15 is 0 Å². The fraction of sp³-hybridized carbons (Fsp3) is 0.900. The van der Waals surface area contributed by atoms with Crippen molar-refractivity contribution in [3.05, 3.63) is 0 Å². The average molecular weight is 318 g/mol. The number of carbonyl (C=O) groups is 1. The Kier molecular flexibility index (Phi) is 4.83. The molecule has 0 aromatic heterocycles. The van der Waals surface area contributed by atoms with Crippen LogP contribution in [0.5, 0.6) is 0 Å². The van der Waals surface area contributed by atoms with Gasteiger partial charge < -0.3 is 9.64 Å². The Hall–Kier alpha value is -0.300. The Bertz CT molecular complexity index is 277. The van der Waals surface area contributed by atoms with Gasteiger partial charge >= 0.3 is 6.18 Å². The van der Waals surface area contributed by atoms with Crippen molar-refractivity contribution in [1.29, 1.82) is 0 Å². The molecule has 1 unspecified atom stereocenters.